The standard InChI is InChI=1S/C15H20N4O2S/c20-22(21,14-4-5-14)18-9-7-17(8-10-18)12-13-11-16-15-3-1-2-6-19(13)15/h1-3,6,11,14H,4-5,7-10,12H2. The van der Waals surface area contributed by atoms with Crippen molar-refractivity contribution < 1.29 is 8.42 Å². The van der Waals surface area contributed by atoms with Crippen molar-refractivity contribution in [2.75, 3.05) is 26.2 Å². The summed E-state index contributed by atoms with van der Waals surface area (Å²) in [5.74, 6) is 0. The lowest BCUT2D eigenvalue weighted by Crippen LogP contribution is -2.49. The van der Waals surface area contributed by atoms with E-state index in [9.17, 15) is 8.42 Å². The summed E-state index contributed by atoms with van der Waals surface area (Å²) < 4.78 is 28.2. The molecule has 0 radical (unpaired) electrons. The Kier molecular flexibility index (Phi) is 3.43. The topological polar surface area (TPSA) is 57.9 Å². The number of imidazole rings is 1. The molecule has 2 aromatic heterocycles. The maximum atomic E-state index is 12.2. The summed E-state index contributed by atoms with van der Waals surface area (Å²) in [5.41, 5.74) is 2.10. The van der Waals surface area contributed by atoms with E-state index in [1.165, 1.54) is 0 Å². The molecule has 0 unspecified atom stereocenters. The van der Waals surface area contributed by atoms with E-state index in [1.54, 1.807) is 4.31 Å². The number of aromatic nitrogens is 2. The summed E-state index contributed by atoms with van der Waals surface area (Å²) >= 11 is 0. The van der Waals surface area contributed by atoms with Gasteiger partial charge in [-0.05, 0) is 25.0 Å². The monoisotopic (exact) mass is 320 g/mol. The zero-order valence-electron chi connectivity index (χ0n) is 12.4. The first kappa shape index (κ1) is 14.2. The quantitative estimate of drug-likeness (QED) is 0.841. The van der Waals surface area contributed by atoms with Crippen molar-refractivity contribution in [1.29, 1.82) is 0 Å². The molecule has 4 rings (SSSR count). The highest BCUT2D eigenvalue weighted by molar-refractivity contribution is 7.90. The highest BCUT2D eigenvalue weighted by atomic mass is 32.2. The number of fused-ring (bicyclic) bond motifs is 1. The SMILES string of the molecule is O=S(=O)(C1CC1)N1CCN(Cc2cnc3ccccn23)CC1. The van der Waals surface area contributed by atoms with Crippen molar-refractivity contribution in [3.8, 4) is 0 Å². The van der Waals surface area contributed by atoms with Gasteiger partial charge in [0.15, 0.2) is 0 Å². The Hall–Kier alpha value is -1.44. The Morgan fingerprint density at radius 1 is 1.14 bits per heavy atom. The molecular weight excluding hydrogens is 300 g/mol. The molecule has 7 heteroatoms. The summed E-state index contributed by atoms with van der Waals surface area (Å²) in [6.45, 7) is 3.59. The van der Waals surface area contributed by atoms with Crippen LogP contribution in [-0.2, 0) is 16.6 Å². The van der Waals surface area contributed by atoms with Crippen molar-refractivity contribution in [3.05, 3.63) is 36.3 Å². The van der Waals surface area contributed by atoms with Gasteiger partial charge >= 0.3 is 0 Å². The van der Waals surface area contributed by atoms with Crippen LogP contribution in [0.25, 0.3) is 5.65 Å². The van der Waals surface area contributed by atoms with Gasteiger partial charge in [-0.15, -0.1) is 0 Å². The van der Waals surface area contributed by atoms with Crippen LogP contribution in [0.2, 0.25) is 0 Å². The second-order valence-corrected chi connectivity index (χ2v) is 8.31. The van der Waals surface area contributed by atoms with Crippen LogP contribution in [0.15, 0.2) is 30.6 Å². The highest BCUT2D eigenvalue weighted by Gasteiger charge is 2.40. The summed E-state index contributed by atoms with van der Waals surface area (Å²) in [5, 5.41) is -0.0992. The molecule has 1 saturated heterocycles. The maximum Gasteiger partial charge on any atom is 0.217 e. The molecule has 118 valence electrons. The molecule has 0 atom stereocenters. The summed E-state index contributed by atoms with van der Waals surface area (Å²) in [6, 6.07) is 5.97. The number of pyridine rings is 1. The van der Waals surface area contributed by atoms with Crippen LogP contribution >= 0.6 is 0 Å². The first-order chi connectivity index (χ1) is 10.6. The lowest BCUT2D eigenvalue weighted by molar-refractivity contribution is 0.179. The third-order valence-corrected chi connectivity index (χ3v) is 6.91. The fourth-order valence-corrected chi connectivity index (χ4v) is 4.88. The fourth-order valence-electron chi connectivity index (χ4n) is 3.05. The molecule has 6 nitrogen and oxygen atoms in total. The Morgan fingerprint density at radius 2 is 1.91 bits per heavy atom. The van der Waals surface area contributed by atoms with E-state index in [2.05, 4.69) is 14.3 Å². The van der Waals surface area contributed by atoms with Gasteiger partial charge in [-0.25, -0.2) is 13.4 Å². The van der Waals surface area contributed by atoms with Crippen molar-refractivity contribution in [1.82, 2.24) is 18.6 Å². The lowest BCUT2D eigenvalue weighted by Gasteiger charge is -2.33. The van der Waals surface area contributed by atoms with Gasteiger partial charge in [0.05, 0.1) is 17.1 Å². The van der Waals surface area contributed by atoms with E-state index >= 15 is 0 Å². The van der Waals surface area contributed by atoms with E-state index in [1.807, 2.05) is 30.6 Å². The van der Waals surface area contributed by atoms with E-state index in [-0.39, 0.29) is 5.25 Å². The third-order valence-electron chi connectivity index (χ3n) is 4.52. The van der Waals surface area contributed by atoms with Gasteiger partial charge in [0.1, 0.15) is 5.65 Å². The van der Waals surface area contributed by atoms with Crippen molar-refractivity contribution >= 4 is 15.7 Å². The van der Waals surface area contributed by atoms with Crippen molar-refractivity contribution in [3.63, 3.8) is 0 Å². The van der Waals surface area contributed by atoms with Gasteiger partial charge in [0.2, 0.25) is 10.0 Å². The summed E-state index contributed by atoms with van der Waals surface area (Å²) in [7, 11) is -3.02. The second-order valence-electron chi connectivity index (χ2n) is 6.10. The number of rotatable bonds is 4. The zero-order chi connectivity index (χ0) is 15.2. The van der Waals surface area contributed by atoms with Crippen molar-refractivity contribution in [2.45, 2.75) is 24.6 Å². The molecular formula is C15H20N4O2S. The Bertz CT molecular complexity index is 774. The summed E-state index contributed by atoms with van der Waals surface area (Å²) in [6.07, 6.45) is 5.60. The van der Waals surface area contributed by atoms with E-state index in [0.717, 1.165) is 43.8 Å². The van der Waals surface area contributed by atoms with Crippen LogP contribution in [0.1, 0.15) is 18.5 Å². The molecule has 22 heavy (non-hydrogen) atoms. The minimum absolute atomic E-state index is 0.0992. The van der Waals surface area contributed by atoms with Crippen LogP contribution in [0, 0.1) is 0 Å². The molecule has 0 amide bonds. The van der Waals surface area contributed by atoms with Crippen LogP contribution in [0.5, 0.6) is 0 Å². The lowest BCUT2D eigenvalue weighted by atomic mass is 10.3. The highest BCUT2D eigenvalue weighted by Crippen LogP contribution is 2.31. The van der Waals surface area contributed by atoms with E-state index in [0.29, 0.717) is 13.1 Å². The largest absolute Gasteiger partial charge is 0.303 e. The zero-order valence-corrected chi connectivity index (χ0v) is 13.2. The molecule has 1 saturated carbocycles. The van der Waals surface area contributed by atoms with Gasteiger partial charge in [-0.2, -0.15) is 4.31 Å². The Labute approximate surface area is 130 Å². The van der Waals surface area contributed by atoms with Crippen LogP contribution in [-0.4, -0.2) is 58.4 Å². The van der Waals surface area contributed by atoms with Crippen LogP contribution in [0.3, 0.4) is 0 Å². The normalized spacial score (nSPS) is 21.5. The molecule has 2 fully saturated rings. The molecule has 0 N–H and O–H groups in total. The van der Waals surface area contributed by atoms with Crippen molar-refractivity contribution in [2.24, 2.45) is 0 Å². The maximum absolute atomic E-state index is 12.2. The predicted octanol–water partition coefficient (Wildman–Crippen LogP) is 0.944. The fraction of sp³-hybridized carbons (Fsp3) is 0.533. The number of sulfonamides is 1. The minimum Gasteiger partial charge on any atom is -0.303 e. The average Bonchev–Trinajstić information content (AvgIpc) is 3.32. The van der Waals surface area contributed by atoms with Gasteiger partial charge in [0.25, 0.3) is 0 Å². The third kappa shape index (κ3) is 2.53. The second kappa shape index (κ2) is 5.33. The number of piperazine rings is 1. The predicted molar refractivity (Wildman–Crippen MR) is 84.0 cm³/mol. The molecule has 0 bridgehead atoms. The first-order valence-electron chi connectivity index (χ1n) is 7.77. The number of hydrogen-bond donors (Lipinski definition) is 0. The number of nitrogens with zero attached hydrogens (tertiary/aromatic N) is 4. The van der Waals surface area contributed by atoms with E-state index < -0.39 is 10.0 Å². The van der Waals surface area contributed by atoms with Crippen LogP contribution in [0.4, 0.5) is 0 Å². The van der Waals surface area contributed by atoms with E-state index in [4.69, 9.17) is 0 Å². The molecule has 1 aliphatic carbocycles. The molecule has 0 aromatic carbocycles. The van der Waals surface area contributed by atoms with Gasteiger partial charge in [-0.1, -0.05) is 6.07 Å². The molecule has 2 aliphatic rings. The smallest absolute Gasteiger partial charge is 0.217 e. The molecule has 0 spiro atoms. The Balaban J connectivity index is 1.42. The summed E-state index contributed by atoms with van der Waals surface area (Å²) in [4.78, 5) is 6.70. The first-order valence-corrected chi connectivity index (χ1v) is 9.27. The van der Waals surface area contributed by atoms with Gasteiger partial charge < -0.3 is 4.40 Å². The minimum atomic E-state index is -3.02. The molecule has 2 aromatic rings. The molecule has 1 aliphatic heterocycles. The molecule has 3 heterocycles. The van der Waals surface area contributed by atoms with Gasteiger partial charge in [-0.3, -0.25) is 4.90 Å². The number of hydrogen-bond acceptors (Lipinski definition) is 4. The average molecular weight is 320 g/mol. The van der Waals surface area contributed by atoms with Gasteiger partial charge in [0, 0.05) is 38.9 Å². The Morgan fingerprint density at radius 3 is 2.64 bits per heavy atom. The van der Waals surface area contributed by atoms with Crippen LogP contribution < -0.4 is 0 Å².